The molecule has 0 heterocycles. The predicted molar refractivity (Wildman–Crippen MR) is 35.5 cm³/mol. The zero-order chi connectivity index (χ0) is 7.56. The van der Waals surface area contributed by atoms with E-state index in [-0.39, 0.29) is 22.9 Å². The van der Waals surface area contributed by atoms with Crippen LogP contribution >= 0.6 is 0 Å². The fraction of sp³-hybridized carbons (Fsp3) is 0.125. The third-order valence-corrected chi connectivity index (χ3v) is 1.36. The van der Waals surface area contributed by atoms with Gasteiger partial charge in [-0.25, -0.2) is 0 Å². The Hall–Kier alpha value is -0.778. The number of carboxylic acids is 1. The quantitative estimate of drug-likeness (QED) is 0.636. The van der Waals surface area contributed by atoms with Crippen LogP contribution in [0.4, 0.5) is 0 Å². The number of hydrogen-bond donors (Lipinski definition) is 0. The second-order valence-electron chi connectivity index (χ2n) is 2.10. The summed E-state index contributed by atoms with van der Waals surface area (Å²) in [5.74, 6) is -1.11. The molecule has 11 heavy (non-hydrogen) atoms. The molecule has 0 saturated carbocycles. The van der Waals surface area contributed by atoms with Crippen molar-refractivity contribution in [2.45, 2.75) is 6.92 Å². The largest absolute Gasteiger partial charge is 3.00 e. The molecule has 0 aliphatic carbocycles. The molecule has 0 aliphatic heterocycles. The minimum atomic E-state index is -1.11. The molecule has 0 amide bonds. The number of aryl methyl sites for hydroxylation is 1. The first-order chi connectivity index (χ1) is 4.72. The van der Waals surface area contributed by atoms with Gasteiger partial charge in [0.15, 0.2) is 0 Å². The fourth-order valence-electron chi connectivity index (χ4n) is 0.802. The fourth-order valence-corrected chi connectivity index (χ4v) is 0.802. The molecule has 0 unspecified atom stereocenters. The Morgan fingerprint density at radius 1 is 1.36 bits per heavy atom. The SMILES string of the molecule is Cc1ccccc1C(=O)[O-].[Cr+3]. The molecule has 0 aromatic heterocycles. The summed E-state index contributed by atoms with van der Waals surface area (Å²) >= 11 is 0. The number of carbonyl (C=O) groups excluding carboxylic acids is 1. The van der Waals surface area contributed by atoms with E-state index in [4.69, 9.17) is 0 Å². The molecule has 1 aromatic rings. The normalized spacial score (nSPS) is 8.45. The van der Waals surface area contributed by atoms with E-state index in [9.17, 15) is 9.90 Å². The Morgan fingerprint density at radius 3 is 2.27 bits per heavy atom. The average molecular weight is 187 g/mol. The van der Waals surface area contributed by atoms with Gasteiger partial charge in [0.05, 0.1) is 5.97 Å². The second-order valence-corrected chi connectivity index (χ2v) is 2.10. The maximum Gasteiger partial charge on any atom is 3.00 e. The minimum Gasteiger partial charge on any atom is -0.545 e. The van der Waals surface area contributed by atoms with Crippen LogP contribution in [0.25, 0.3) is 0 Å². The molecule has 2 nitrogen and oxygen atoms in total. The van der Waals surface area contributed by atoms with Gasteiger partial charge in [0.1, 0.15) is 0 Å². The molecule has 0 spiro atoms. The summed E-state index contributed by atoms with van der Waals surface area (Å²) in [4.78, 5) is 10.3. The summed E-state index contributed by atoms with van der Waals surface area (Å²) in [6.07, 6.45) is 0. The molecule has 55 valence electrons. The van der Waals surface area contributed by atoms with Crippen LogP contribution in [0, 0.1) is 6.92 Å². The Morgan fingerprint density at radius 2 is 1.91 bits per heavy atom. The monoisotopic (exact) mass is 187 g/mol. The predicted octanol–water partition coefficient (Wildman–Crippen LogP) is 0.356. The summed E-state index contributed by atoms with van der Waals surface area (Å²) in [6, 6.07) is 6.75. The zero-order valence-electron chi connectivity index (χ0n) is 6.03. The second kappa shape index (κ2) is 4.17. The topological polar surface area (TPSA) is 40.1 Å². The standard InChI is InChI=1S/C8H8O2.Cr/c1-6-4-2-3-5-7(6)8(9)10;/h2-5H,1H3,(H,9,10);/q;+3/p-1. The molecule has 0 saturated heterocycles. The van der Waals surface area contributed by atoms with E-state index < -0.39 is 5.97 Å². The van der Waals surface area contributed by atoms with Crippen LogP contribution in [0.2, 0.25) is 0 Å². The third kappa shape index (κ3) is 2.38. The first-order valence-corrected chi connectivity index (χ1v) is 2.99. The van der Waals surface area contributed by atoms with Crippen LogP contribution in [0.5, 0.6) is 0 Å². The van der Waals surface area contributed by atoms with Gasteiger partial charge in [0.2, 0.25) is 0 Å². The molecular formula is C8H7CrO2+2. The van der Waals surface area contributed by atoms with Crippen LogP contribution in [0.3, 0.4) is 0 Å². The average Bonchev–Trinajstić information content (AvgIpc) is 1.88. The van der Waals surface area contributed by atoms with E-state index >= 15 is 0 Å². The van der Waals surface area contributed by atoms with Crippen molar-refractivity contribution in [2.24, 2.45) is 0 Å². The molecule has 1 aromatic carbocycles. The first-order valence-electron chi connectivity index (χ1n) is 2.99. The summed E-state index contributed by atoms with van der Waals surface area (Å²) in [5.41, 5.74) is 1.00. The van der Waals surface area contributed by atoms with Gasteiger partial charge in [-0.05, 0) is 12.5 Å². The van der Waals surface area contributed by atoms with E-state index in [1.54, 1.807) is 25.1 Å². The van der Waals surface area contributed by atoms with Gasteiger partial charge in [-0.15, -0.1) is 0 Å². The van der Waals surface area contributed by atoms with Crippen molar-refractivity contribution in [3.8, 4) is 0 Å². The van der Waals surface area contributed by atoms with Crippen LogP contribution in [0.1, 0.15) is 15.9 Å². The Bertz CT molecular complexity index is 258. The van der Waals surface area contributed by atoms with Crippen molar-refractivity contribution in [1.82, 2.24) is 0 Å². The Balaban J connectivity index is 0.000001000. The summed E-state index contributed by atoms with van der Waals surface area (Å²) in [5, 5.41) is 10.3. The molecule has 0 bridgehead atoms. The molecular weight excluding hydrogens is 180 g/mol. The Labute approximate surface area is 76.0 Å². The van der Waals surface area contributed by atoms with E-state index in [1.807, 2.05) is 0 Å². The molecule has 0 atom stereocenters. The summed E-state index contributed by atoms with van der Waals surface area (Å²) in [7, 11) is 0. The van der Waals surface area contributed by atoms with Gasteiger partial charge >= 0.3 is 17.4 Å². The molecule has 1 rings (SSSR count). The summed E-state index contributed by atoms with van der Waals surface area (Å²) < 4.78 is 0. The first kappa shape index (κ1) is 10.2. The number of benzene rings is 1. The molecule has 0 fully saturated rings. The van der Waals surface area contributed by atoms with Gasteiger partial charge in [0, 0.05) is 5.56 Å². The molecule has 1 radical (unpaired) electrons. The van der Waals surface area contributed by atoms with Crippen LogP contribution in [0.15, 0.2) is 24.3 Å². The maximum atomic E-state index is 10.3. The van der Waals surface area contributed by atoms with Crippen molar-refractivity contribution in [2.75, 3.05) is 0 Å². The third-order valence-electron chi connectivity index (χ3n) is 1.36. The van der Waals surface area contributed by atoms with Crippen molar-refractivity contribution in [3.05, 3.63) is 35.4 Å². The van der Waals surface area contributed by atoms with Gasteiger partial charge < -0.3 is 9.90 Å². The van der Waals surface area contributed by atoms with Crippen LogP contribution in [-0.4, -0.2) is 5.97 Å². The minimum absolute atomic E-state index is 0. The molecule has 0 N–H and O–H groups in total. The number of hydrogen-bond acceptors (Lipinski definition) is 2. The van der Waals surface area contributed by atoms with Gasteiger partial charge in [-0.3, -0.25) is 0 Å². The number of carboxylic acid groups (broad SMARTS) is 1. The smallest absolute Gasteiger partial charge is 0.545 e. The summed E-state index contributed by atoms with van der Waals surface area (Å²) in [6.45, 7) is 1.74. The van der Waals surface area contributed by atoms with Crippen LogP contribution < -0.4 is 5.11 Å². The van der Waals surface area contributed by atoms with Crippen molar-refractivity contribution in [3.63, 3.8) is 0 Å². The molecule has 0 aliphatic rings. The number of carbonyl (C=O) groups is 1. The van der Waals surface area contributed by atoms with Crippen molar-refractivity contribution < 1.29 is 27.3 Å². The molecule has 3 heteroatoms. The maximum absolute atomic E-state index is 10.3. The van der Waals surface area contributed by atoms with Gasteiger partial charge in [-0.2, -0.15) is 0 Å². The number of rotatable bonds is 1. The zero-order valence-corrected chi connectivity index (χ0v) is 7.31. The van der Waals surface area contributed by atoms with Crippen molar-refractivity contribution >= 4 is 5.97 Å². The van der Waals surface area contributed by atoms with Gasteiger partial charge in [-0.1, -0.05) is 24.3 Å². The van der Waals surface area contributed by atoms with Crippen LogP contribution in [-0.2, 0) is 17.4 Å². The van der Waals surface area contributed by atoms with Gasteiger partial charge in [0.25, 0.3) is 0 Å². The van der Waals surface area contributed by atoms with Crippen molar-refractivity contribution in [1.29, 1.82) is 0 Å². The van der Waals surface area contributed by atoms with E-state index in [2.05, 4.69) is 0 Å². The number of aromatic carboxylic acids is 1. The van der Waals surface area contributed by atoms with E-state index in [1.165, 1.54) is 6.07 Å². The van der Waals surface area contributed by atoms with E-state index in [0.29, 0.717) is 0 Å². The van der Waals surface area contributed by atoms with E-state index in [0.717, 1.165) is 5.56 Å². The Kier molecular flexibility index (Phi) is 3.88.